The highest BCUT2D eigenvalue weighted by Gasteiger charge is 2.20. The molecule has 0 radical (unpaired) electrons. The molecule has 3 heterocycles. The Labute approximate surface area is 235 Å². The highest BCUT2D eigenvalue weighted by Crippen LogP contribution is 2.31. The van der Waals surface area contributed by atoms with E-state index < -0.39 is 0 Å². The fourth-order valence-electron chi connectivity index (χ4n) is 5.10. The van der Waals surface area contributed by atoms with Crippen LogP contribution in [-0.4, -0.2) is 62.2 Å². The number of hydrogen-bond acceptors (Lipinski definition) is 6. The molecule has 200 valence electrons. The van der Waals surface area contributed by atoms with E-state index in [-0.39, 0.29) is 11.7 Å². The standard InChI is InChI=1S/C29H29ClN6O2S/c1-2-35-25-6-4-3-5-23(25)24-17-21(9-12-26(24)35)31-28(37)19-39-29-33-32-27(18-34-13-15-38-16-14-34)36(29)22-10-7-20(30)8-11-22/h3-12,17H,2,13-16,18-19H2,1H3,(H,31,37). The lowest BCUT2D eigenvalue weighted by Crippen LogP contribution is -2.36. The Morgan fingerprint density at radius 1 is 1.00 bits per heavy atom. The number of anilines is 1. The van der Waals surface area contributed by atoms with Crippen LogP contribution in [0.25, 0.3) is 27.5 Å². The second-order valence-corrected chi connectivity index (χ2v) is 10.8. The quantitative estimate of drug-likeness (QED) is 0.249. The molecule has 0 saturated carbocycles. The monoisotopic (exact) mass is 560 g/mol. The molecule has 0 bridgehead atoms. The van der Waals surface area contributed by atoms with Crippen LogP contribution < -0.4 is 5.32 Å². The predicted octanol–water partition coefficient (Wildman–Crippen LogP) is 5.61. The van der Waals surface area contributed by atoms with E-state index in [1.165, 1.54) is 22.7 Å². The summed E-state index contributed by atoms with van der Waals surface area (Å²) in [6.45, 7) is 6.79. The molecule has 1 N–H and O–H groups in total. The number of para-hydroxylation sites is 1. The number of nitrogens with zero attached hydrogens (tertiary/aromatic N) is 5. The van der Waals surface area contributed by atoms with Crippen molar-refractivity contribution in [2.45, 2.75) is 25.2 Å². The van der Waals surface area contributed by atoms with Crippen LogP contribution in [0.15, 0.2) is 71.9 Å². The molecule has 1 saturated heterocycles. The lowest BCUT2D eigenvalue weighted by molar-refractivity contribution is -0.113. The third kappa shape index (κ3) is 5.40. The SMILES string of the molecule is CCn1c2ccccc2c2cc(NC(=O)CSc3nnc(CN4CCOCC4)n3-c3ccc(Cl)cc3)ccc21. The first-order chi connectivity index (χ1) is 19.1. The molecule has 0 aliphatic carbocycles. The molecule has 0 unspecified atom stereocenters. The summed E-state index contributed by atoms with van der Waals surface area (Å²) < 4.78 is 9.79. The molecule has 39 heavy (non-hydrogen) atoms. The molecular formula is C29H29ClN6O2S. The molecule has 0 spiro atoms. The summed E-state index contributed by atoms with van der Waals surface area (Å²) in [5.41, 5.74) is 4.05. The minimum Gasteiger partial charge on any atom is -0.379 e. The zero-order valence-corrected chi connectivity index (χ0v) is 23.2. The maximum Gasteiger partial charge on any atom is 0.234 e. The van der Waals surface area contributed by atoms with E-state index in [1.807, 2.05) is 41.0 Å². The van der Waals surface area contributed by atoms with Crippen LogP contribution in [-0.2, 0) is 22.6 Å². The Hall–Kier alpha value is -3.37. The lowest BCUT2D eigenvalue weighted by Gasteiger charge is -2.26. The van der Waals surface area contributed by atoms with Gasteiger partial charge in [0.2, 0.25) is 5.91 Å². The van der Waals surface area contributed by atoms with Crippen LogP contribution in [0.1, 0.15) is 12.7 Å². The molecule has 5 aromatic rings. The van der Waals surface area contributed by atoms with Gasteiger partial charge in [0.15, 0.2) is 11.0 Å². The summed E-state index contributed by atoms with van der Waals surface area (Å²) in [4.78, 5) is 15.3. The van der Waals surface area contributed by atoms with Gasteiger partial charge in [-0.1, -0.05) is 41.6 Å². The average molecular weight is 561 g/mol. The van der Waals surface area contributed by atoms with Crippen molar-refractivity contribution in [2.24, 2.45) is 0 Å². The van der Waals surface area contributed by atoms with Crippen molar-refractivity contribution in [2.75, 3.05) is 37.4 Å². The van der Waals surface area contributed by atoms with E-state index in [1.54, 1.807) is 0 Å². The number of morpholine rings is 1. The number of aryl methyl sites for hydroxylation is 1. The summed E-state index contributed by atoms with van der Waals surface area (Å²) in [5.74, 6) is 0.928. The minimum atomic E-state index is -0.0982. The molecule has 0 atom stereocenters. The number of carbonyl (C=O) groups is 1. The molecule has 10 heteroatoms. The molecule has 8 nitrogen and oxygen atoms in total. The zero-order valence-electron chi connectivity index (χ0n) is 21.6. The van der Waals surface area contributed by atoms with E-state index in [0.29, 0.717) is 29.9 Å². The van der Waals surface area contributed by atoms with E-state index in [0.717, 1.165) is 47.7 Å². The van der Waals surface area contributed by atoms with Gasteiger partial charge in [0.1, 0.15) is 0 Å². The van der Waals surface area contributed by atoms with Crippen LogP contribution >= 0.6 is 23.4 Å². The van der Waals surface area contributed by atoms with Gasteiger partial charge in [0, 0.05) is 57.8 Å². The maximum atomic E-state index is 13.0. The second kappa shape index (κ2) is 11.4. The van der Waals surface area contributed by atoms with Crippen molar-refractivity contribution < 1.29 is 9.53 Å². The van der Waals surface area contributed by atoms with E-state index in [2.05, 4.69) is 62.2 Å². The third-order valence-electron chi connectivity index (χ3n) is 6.96. The van der Waals surface area contributed by atoms with Crippen molar-refractivity contribution >= 4 is 56.8 Å². The Kier molecular flexibility index (Phi) is 7.56. The van der Waals surface area contributed by atoms with Crippen LogP contribution in [0.5, 0.6) is 0 Å². The first kappa shape index (κ1) is 25.9. The second-order valence-electron chi connectivity index (χ2n) is 9.43. The number of nitrogens with one attached hydrogen (secondary N) is 1. The Bertz CT molecular complexity index is 1620. The fraction of sp³-hybridized carbons (Fsp3) is 0.276. The van der Waals surface area contributed by atoms with Crippen LogP contribution in [0.2, 0.25) is 5.02 Å². The number of ether oxygens (including phenoxy) is 1. The topological polar surface area (TPSA) is 77.2 Å². The van der Waals surface area contributed by atoms with Gasteiger partial charge in [-0.15, -0.1) is 10.2 Å². The van der Waals surface area contributed by atoms with Gasteiger partial charge in [-0.25, -0.2) is 0 Å². The van der Waals surface area contributed by atoms with Crippen molar-refractivity contribution in [3.63, 3.8) is 0 Å². The number of halogens is 1. The third-order valence-corrected chi connectivity index (χ3v) is 8.14. The molecular weight excluding hydrogens is 532 g/mol. The Morgan fingerprint density at radius 3 is 2.56 bits per heavy atom. The largest absolute Gasteiger partial charge is 0.379 e. The number of amides is 1. The Morgan fingerprint density at radius 2 is 1.77 bits per heavy atom. The van der Waals surface area contributed by atoms with Gasteiger partial charge in [-0.3, -0.25) is 14.3 Å². The summed E-state index contributed by atoms with van der Waals surface area (Å²) in [6.07, 6.45) is 0. The van der Waals surface area contributed by atoms with Gasteiger partial charge in [-0.05, 0) is 55.5 Å². The number of benzene rings is 3. The van der Waals surface area contributed by atoms with Crippen molar-refractivity contribution in [3.05, 3.63) is 77.6 Å². The Balaban J connectivity index is 1.21. The van der Waals surface area contributed by atoms with E-state index in [4.69, 9.17) is 16.3 Å². The zero-order chi connectivity index (χ0) is 26.8. The number of aromatic nitrogens is 4. The highest BCUT2D eigenvalue weighted by atomic mass is 35.5. The number of hydrogen-bond donors (Lipinski definition) is 1. The average Bonchev–Trinajstić information content (AvgIpc) is 3.51. The van der Waals surface area contributed by atoms with Crippen LogP contribution in [0, 0.1) is 0 Å². The van der Waals surface area contributed by atoms with Crippen molar-refractivity contribution in [1.29, 1.82) is 0 Å². The summed E-state index contributed by atoms with van der Waals surface area (Å²) >= 11 is 7.51. The van der Waals surface area contributed by atoms with Gasteiger partial charge in [-0.2, -0.15) is 0 Å². The number of rotatable bonds is 8. The molecule has 1 aliphatic rings. The van der Waals surface area contributed by atoms with E-state index >= 15 is 0 Å². The van der Waals surface area contributed by atoms with Crippen LogP contribution in [0.3, 0.4) is 0 Å². The molecule has 1 fully saturated rings. The van der Waals surface area contributed by atoms with Gasteiger partial charge in [0.25, 0.3) is 0 Å². The number of thioether (sulfide) groups is 1. The fourth-order valence-corrected chi connectivity index (χ4v) is 6.00. The summed E-state index contributed by atoms with van der Waals surface area (Å²) in [7, 11) is 0. The van der Waals surface area contributed by atoms with Gasteiger partial charge >= 0.3 is 0 Å². The summed E-state index contributed by atoms with van der Waals surface area (Å²) in [6, 6.07) is 22.1. The first-order valence-electron chi connectivity index (χ1n) is 13.0. The van der Waals surface area contributed by atoms with Gasteiger partial charge in [0.05, 0.1) is 25.5 Å². The van der Waals surface area contributed by atoms with Crippen molar-refractivity contribution in [1.82, 2.24) is 24.2 Å². The molecule has 2 aromatic heterocycles. The summed E-state index contributed by atoms with van der Waals surface area (Å²) in [5, 5.41) is 15.6. The predicted molar refractivity (Wildman–Crippen MR) is 157 cm³/mol. The maximum absolute atomic E-state index is 13.0. The smallest absolute Gasteiger partial charge is 0.234 e. The molecule has 3 aromatic carbocycles. The number of carbonyl (C=O) groups excluding carboxylic acids is 1. The molecule has 6 rings (SSSR count). The normalized spacial score (nSPS) is 14.3. The number of fused-ring (bicyclic) bond motifs is 3. The minimum absolute atomic E-state index is 0.0982. The van der Waals surface area contributed by atoms with Gasteiger partial charge < -0.3 is 14.6 Å². The first-order valence-corrected chi connectivity index (χ1v) is 14.4. The van der Waals surface area contributed by atoms with E-state index in [9.17, 15) is 4.79 Å². The molecule has 1 aliphatic heterocycles. The van der Waals surface area contributed by atoms with Crippen LogP contribution in [0.4, 0.5) is 5.69 Å². The van der Waals surface area contributed by atoms with Crippen molar-refractivity contribution in [3.8, 4) is 5.69 Å². The molecule has 1 amide bonds. The highest BCUT2D eigenvalue weighted by molar-refractivity contribution is 7.99. The lowest BCUT2D eigenvalue weighted by atomic mass is 10.1.